The zero-order chi connectivity index (χ0) is 7.11. The van der Waals surface area contributed by atoms with Gasteiger partial charge in [0, 0.05) is 6.54 Å². The van der Waals surface area contributed by atoms with Gasteiger partial charge in [-0.25, -0.2) is 0 Å². The minimum Gasteiger partial charge on any atom is -0.355 e. The van der Waals surface area contributed by atoms with Gasteiger partial charge in [0.25, 0.3) is 0 Å². The Labute approximate surface area is 75.3 Å². The van der Waals surface area contributed by atoms with Gasteiger partial charge in [-0.2, -0.15) is 0 Å². The van der Waals surface area contributed by atoms with Gasteiger partial charge in [0.15, 0.2) is 0 Å². The fourth-order valence-electron chi connectivity index (χ4n) is 0.377. The first-order valence-corrected chi connectivity index (χ1v) is 3.96. The fraction of sp³-hybridized carbons (Fsp3) is 0.800. The molecule has 0 saturated heterocycles. The van der Waals surface area contributed by atoms with Crippen molar-refractivity contribution in [2.24, 2.45) is 5.73 Å². The van der Waals surface area contributed by atoms with E-state index >= 15 is 0 Å². The van der Waals surface area contributed by atoms with Crippen molar-refractivity contribution in [2.45, 2.75) is 6.42 Å². The van der Waals surface area contributed by atoms with Gasteiger partial charge in [0.2, 0.25) is 5.91 Å². The maximum Gasteiger partial charge on any atom is 0.230 e. The lowest BCUT2D eigenvalue weighted by Gasteiger charge is -1.98. The number of nitrogens with one attached hydrogen (secondary N) is 1. The van der Waals surface area contributed by atoms with Crippen LogP contribution in [-0.2, 0) is 4.79 Å². The molecule has 0 radical (unpaired) electrons. The van der Waals surface area contributed by atoms with Crippen LogP contribution in [0.1, 0.15) is 6.42 Å². The molecule has 0 aliphatic carbocycles. The van der Waals surface area contributed by atoms with E-state index in [2.05, 4.69) is 21.2 Å². The first-order valence-electron chi connectivity index (χ1n) is 2.84. The SMILES string of the molecule is Cl.NCCCNC(=O)CBr. The van der Waals surface area contributed by atoms with Crippen LogP contribution in [0.25, 0.3) is 0 Å². The van der Waals surface area contributed by atoms with Crippen molar-refractivity contribution in [3.8, 4) is 0 Å². The number of nitrogens with two attached hydrogens (primary N) is 1. The minimum atomic E-state index is 0. The van der Waals surface area contributed by atoms with E-state index in [0.29, 0.717) is 18.4 Å². The van der Waals surface area contributed by atoms with Crippen LogP contribution in [0.2, 0.25) is 0 Å². The van der Waals surface area contributed by atoms with Gasteiger partial charge in [-0.15, -0.1) is 12.4 Å². The Bertz CT molecular complexity index is 91.7. The van der Waals surface area contributed by atoms with Crippen LogP contribution in [0.15, 0.2) is 0 Å². The van der Waals surface area contributed by atoms with Gasteiger partial charge in [-0.05, 0) is 13.0 Å². The molecular formula is C5H12BrClN2O. The lowest BCUT2D eigenvalue weighted by atomic mass is 10.4. The van der Waals surface area contributed by atoms with Gasteiger partial charge in [-0.1, -0.05) is 15.9 Å². The van der Waals surface area contributed by atoms with E-state index in [1.807, 2.05) is 0 Å². The Hall–Kier alpha value is 0.200. The zero-order valence-corrected chi connectivity index (χ0v) is 8.00. The molecule has 1 amide bonds. The molecule has 0 spiro atoms. The topological polar surface area (TPSA) is 55.1 Å². The van der Waals surface area contributed by atoms with Crippen molar-refractivity contribution in [1.29, 1.82) is 0 Å². The molecule has 0 aromatic carbocycles. The van der Waals surface area contributed by atoms with E-state index in [4.69, 9.17) is 5.73 Å². The average Bonchev–Trinajstić information content (AvgIpc) is 1.89. The summed E-state index contributed by atoms with van der Waals surface area (Å²) in [5, 5.41) is 3.04. The molecule has 0 fully saturated rings. The summed E-state index contributed by atoms with van der Waals surface area (Å²) in [6.45, 7) is 1.31. The maximum absolute atomic E-state index is 10.5. The molecule has 10 heavy (non-hydrogen) atoms. The summed E-state index contributed by atoms with van der Waals surface area (Å²) in [7, 11) is 0. The van der Waals surface area contributed by atoms with Crippen molar-refractivity contribution < 1.29 is 4.79 Å². The Morgan fingerprint density at radius 2 is 2.20 bits per heavy atom. The van der Waals surface area contributed by atoms with Crippen molar-refractivity contribution >= 4 is 34.2 Å². The first-order chi connectivity index (χ1) is 4.31. The molecule has 0 unspecified atom stereocenters. The molecule has 0 aromatic heterocycles. The summed E-state index contributed by atoms with van der Waals surface area (Å²) >= 11 is 3.02. The second-order valence-corrected chi connectivity index (χ2v) is 2.19. The number of halogens is 2. The lowest BCUT2D eigenvalue weighted by Crippen LogP contribution is -2.26. The zero-order valence-electron chi connectivity index (χ0n) is 5.60. The van der Waals surface area contributed by atoms with E-state index in [1.165, 1.54) is 0 Å². The summed E-state index contributed by atoms with van der Waals surface area (Å²) in [6, 6.07) is 0. The fourth-order valence-corrected chi connectivity index (χ4v) is 0.575. The van der Waals surface area contributed by atoms with E-state index in [9.17, 15) is 4.79 Å². The average molecular weight is 232 g/mol. The summed E-state index contributed by atoms with van der Waals surface area (Å²) < 4.78 is 0. The van der Waals surface area contributed by atoms with Crippen LogP contribution in [0.5, 0.6) is 0 Å². The highest BCUT2D eigenvalue weighted by molar-refractivity contribution is 9.09. The number of alkyl halides is 1. The van der Waals surface area contributed by atoms with E-state index in [1.54, 1.807) is 0 Å². The van der Waals surface area contributed by atoms with Crippen LogP contribution in [-0.4, -0.2) is 24.3 Å². The quantitative estimate of drug-likeness (QED) is 0.539. The molecule has 0 atom stereocenters. The molecule has 3 N–H and O–H groups in total. The number of amides is 1. The Kier molecular flexibility index (Phi) is 11.8. The third-order valence-corrected chi connectivity index (χ3v) is 1.33. The molecule has 62 valence electrons. The van der Waals surface area contributed by atoms with Gasteiger partial charge >= 0.3 is 0 Å². The monoisotopic (exact) mass is 230 g/mol. The summed E-state index contributed by atoms with van der Waals surface area (Å²) in [4.78, 5) is 10.5. The molecule has 0 bridgehead atoms. The summed E-state index contributed by atoms with van der Waals surface area (Å²) in [5.74, 6) is 0.0171. The largest absolute Gasteiger partial charge is 0.355 e. The lowest BCUT2D eigenvalue weighted by molar-refractivity contribution is -0.118. The van der Waals surface area contributed by atoms with E-state index in [-0.39, 0.29) is 18.3 Å². The Morgan fingerprint density at radius 3 is 2.60 bits per heavy atom. The molecule has 0 heterocycles. The second-order valence-electron chi connectivity index (χ2n) is 1.63. The normalized spacial score (nSPS) is 8.20. The van der Waals surface area contributed by atoms with Crippen LogP contribution in [0.4, 0.5) is 0 Å². The standard InChI is InChI=1S/C5H11BrN2O.ClH/c6-4-5(9)8-3-1-2-7;/h1-4,7H2,(H,8,9);1H. The van der Waals surface area contributed by atoms with Crippen molar-refractivity contribution in [3.63, 3.8) is 0 Å². The van der Waals surface area contributed by atoms with Gasteiger partial charge in [-0.3, -0.25) is 4.79 Å². The number of hydrogen-bond donors (Lipinski definition) is 2. The molecule has 0 aliphatic rings. The number of rotatable bonds is 4. The summed E-state index contributed by atoms with van der Waals surface area (Å²) in [5.41, 5.74) is 5.19. The third-order valence-electron chi connectivity index (χ3n) is 0.824. The summed E-state index contributed by atoms with van der Waals surface area (Å²) in [6.07, 6.45) is 0.846. The van der Waals surface area contributed by atoms with Crippen LogP contribution in [0, 0.1) is 0 Å². The molecule has 0 rings (SSSR count). The molecule has 0 aliphatic heterocycles. The Balaban J connectivity index is 0. The van der Waals surface area contributed by atoms with Gasteiger partial charge < -0.3 is 11.1 Å². The van der Waals surface area contributed by atoms with Crippen LogP contribution < -0.4 is 11.1 Å². The first kappa shape index (κ1) is 12.8. The molecular weight excluding hydrogens is 219 g/mol. The smallest absolute Gasteiger partial charge is 0.230 e. The Morgan fingerprint density at radius 1 is 1.60 bits per heavy atom. The van der Waals surface area contributed by atoms with Crippen molar-refractivity contribution in [1.82, 2.24) is 5.32 Å². The van der Waals surface area contributed by atoms with Crippen molar-refractivity contribution in [2.75, 3.05) is 18.4 Å². The molecule has 0 saturated carbocycles. The minimum absolute atomic E-state index is 0. The van der Waals surface area contributed by atoms with Crippen molar-refractivity contribution in [3.05, 3.63) is 0 Å². The highest BCUT2D eigenvalue weighted by Crippen LogP contribution is 1.78. The highest BCUT2D eigenvalue weighted by Gasteiger charge is 1.93. The molecule has 3 nitrogen and oxygen atoms in total. The predicted molar refractivity (Wildman–Crippen MR) is 47.7 cm³/mol. The molecule has 0 aromatic rings. The number of hydrogen-bond acceptors (Lipinski definition) is 2. The molecule has 5 heteroatoms. The number of carbonyl (C=O) groups excluding carboxylic acids is 1. The number of carbonyl (C=O) groups is 1. The van der Waals surface area contributed by atoms with Gasteiger partial charge in [0.1, 0.15) is 0 Å². The van der Waals surface area contributed by atoms with E-state index < -0.39 is 0 Å². The second kappa shape index (κ2) is 9.20. The third kappa shape index (κ3) is 8.20. The van der Waals surface area contributed by atoms with E-state index in [0.717, 1.165) is 6.42 Å². The van der Waals surface area contributed by atoms with Crippen LogP contribution in [0.3, 0.4) is 0 Å². The predicted octanol–water partition coefficient (Wildman–Crippen LogP) is 0.268. The maximum atomic E-state index is 10.5. The van der Waals surface area contributed by atoms with Gasteiger partial charge in [0.05, 0.1) is 5.33 Å². The van der Waals surface area contributed by atoms with Crippen LogP contribution >= 0.6 is 28.3 Å². The highest BCUT2D eigenvalue weighted by atomic mass is 79.9.